The molecule has 0 aliphatic heterocycles. The van der Waals surface area contributed by atoms with Gasteiger partial charge < -0.3 is 0 Å². The maximum atomic E-state index is 4.37. The van der Waals surface area contributed by atoms with E-state index in [-0.39, 0.29) is 5.54 Å². The first-order valence-corrected chi connectivity index (χ1v) is 6.91. The van der Waals surface area contributed by atoms with E-state index in [1.54, 1.807) is 22.7 Å². The van der Waals surface area contributed by atoms with Gasteiger partial charge in [0.1, 0.15) is 5.01 Å². The van der Waals surface area contributed by atoms with Crippen molar-refractivity contribution in [1.82, 2.24) is 15.3 Å². The fourth-order valence-corrected chi connectivity index (χ4v) is 3.00. The van der Waals surface area contributed by atoms with E-state index in [0.29, 0.717) is 6.04 Å². The molecule has 0 saturated heterocycles. The number of rotatable bonds is 4. The van der Waals surface area contributed by atoms with E-state index >= 15 is 0 Å². The summed E-state index contributed by atoms with van der Waals surface area (Å²) in [5, 5.41) is 6.70. The van der Waals surface area contributed by atoms with Crippen LogP contribution < -0.4 is 5.32 Å². The summed E-state index contributed by atoms with van der Waals surface area (Å²) < 4.78 is 0. The molecule has 1 N–H and O–H groups in total. The number of aromatic nitrogens is 2. The van der Waals surface area contributed by atoms with Crippen molar-refractivity contribution in [2.75, 3.05) is 0 Å². The Hall–Kier alpha value is -0.780. The highest BCUT2D eigenvalue weighted by atomic mass is 32.1. The van der Waals surface area contributed by atoms with Crippen molar-refractivity contribution in [3.05, 3.63) is 33.2 Å². The minimum Gasteiger partial charge on any atom is -0.298 e. The summed E-state index contributed by atoms with van der Waals surface area (Å²) in [5.74, 6) is 0. The zero-order valence-electron chi connectivity index (χ0n) is 9.60. The van der Waals surface area contributed by atoms with Gasteiger partial charge in [-0.15, -0.1) is 22.7 Å². The molecule has 1 atom stereocenters. The molecule has 5 heteroatoms. The molecule has 0 aromatic carbocycles. The molecule has 86 valence electrons. The van der Waals surface area contributed by atoms with Crippen LogP contribution in [0.25, 0.3) is 0 Å². The van der Waals surface area contributed by atoms with Gasteiger partial charge >= 0.3 is 0 Å². The minimum atomic E-state index is -0.0996. The van der Waals surface area contributed by atoms with Gasteiger partial charge in [-0.25, -0.2) is 4.98 Å². The normalized spacial score (nSPS) is 13.9. The maximum absolute atomic E-state index is 4.37. The van der Waals surface area contributed by atoms with E-state index in [1.165, 1.54) is 4.88 Å². The lowest BCUT2D eigenvalue weighted by molar-refractivity contribution is 0.359. The van der Waals surface area contributed by atoms with Gasteiger partial charge in [-0.05, 0) is 20.8 Å². The molecule has 0 spiro atoms. The minimum absolute atomic E-state index is 0.0996. The van der Waals surface area contributed by atoms with Crippen LogP contribution in [0.4, 0.5) is 0 Å². The fourth-order valence-electron chi connectivity index (χ4n) is 1.65. The largest absolute Gasteiger partial charge is 0.298 e. The summed E-state index contributed by atoms with van der Waals surface area (Å²) in [5.41, 5.74) is 1.77. The lowest BCUT2D eigenvalue weighted by Gasteiger charge is -2.27. The van der Waals surface area contributed by atoms with Gasteiger partial charge in [0.15, 0.2) is 0 Å². The molecular weight excluding hydrogens is 238 g/mol. The molecule has 0 aliphatic rings. The van der Waals surface area contributed by atoms with Crippen LogP contribution in [-0.4, -0.2) is 9.97 Å². The molecule has 2 rings (SSSR count). The van der Waals surface area contributed by atoms with Crippen LogP contribution in [0.5, 0.6) is 0 Å². The highest BCUT2D eigenvalue weighted by Gasteiger charge is 2.25. The third-order valence-electron chi connectivity index (χ3n) is 2.42. The van der Waals surface area contributed by atoms with E-state index in [4.69, 9.17) is 0 Å². The van der Waals surface area contributed by atoms with Crippen LogP contribution in [0.15, 0.2) is 23.3 Å². The van der Waals surface area contributed by atoms with Crippen LogP contribution in [-0.2, 0) is 5.54 Å². The van der Waals surface area contributed by atoms with E-state index in [1.807, 2.05) is 23.3 Å². The van der Waals surface area contributed by atoms with E-state index in [9.17, 15) is 0 Å². The molecule has 3 nitrogen and oxygen atoms in total. The summed E-state index contributed by atoms with van der Waals surface area (Å²) >= 11 is 3.36. The fraction of sp³-hybridized carbons (Fsp3) is 0.455. The van der Waals surface area contributed by atoms with Gasteiger partial charge in [0.2, 0.25) is 0 Å². The zero-order valence-corrected chi connectivity index (χ0v) is 11.2. The van der Waals surface area contributed by atoms with E-state index in [0.717, 1.165) is 5.01 Å². The van der Waals surface area contributed by atoms with Gasteiger partial charge in [0.25, 0.3) is 0 Å². The molecule has 16 heavy (non-hydrogen) atoms. The van der Waals surface area contributed by atoms with E-state index < -0.39 is 0 Å². The predicted molar refractivity (Wildman–Crippen MR) is 68.8 cm³/mol. The molecule has 1 unspecified atom stereocenters. The Morgan fingerprint density at radius 3 is 2.75 bits per heavy atom. The van der Waals surface area contributed by atoms with Crippen molar-refractivity contribution >= 4 is 22.7 Å². The van der Waals surface area contributed by atoms with E-state index in [2.05, 4.69) is 36.1 Å². The Morgan fingerprint density at radius 1 is 1.38 bits per heavy atom. The monoisotopic (exact) mass is 253 g/mol. The predicted octanol–water partition coefficient (Wildman–Crippen LogP) is 3.19. The van der Waals surface area contributed by atoms with Crippen LogP contribution in [0, 0.1) is 0 Å². The molecule has 0 aliphatic carbocycles. The molecule has 0 amide bonds. The topological polar surface area (TPSA) is 37.8 Å². The molecule has 2 heterocycles. The number of nitrogens with zero attached hydrogens (tertiary/aromatic N) is 2. The Morgan fingerprint density at radius 2 is 2.19 bits per heavy atom. The van der Waals surface area contributed by atoms with Crippen molar-refractivity contribution in [2.24, 2.45) is 0 Å². The average molecular weight is 253 g/mol. The molecule has 0 saturated carbocycles. The first-order chi connectivity index (χ1) is 7.59. The third kappa shape index (κ3) is 2.48. The maximum Gasteiger partial charge on any atom is 0.112 e. The van der Waals surface area contributed by atoms with Gasteiger partial charge in [-0.1, -0.05) is 0 Å². The Kier molecular flexibility index (Phi) is 3.37. The molecule has 2 aromatic heterocycles. The lowest BCUT2D eigenvalue weighted by Crippen LogP contribution is -2.37. The second-order valence-electron chi connectivity index (χ2n) is 4.23. The summed E-state index contributed by atoms with van der Waals surface area (Å²) in [6, 6.07) is 0.298. The standard InChI is InChI=1S/C11H15N3S2/c1-8(9-6-12-7-16-9)14-11(2,3)10-13-4-5-15-10/h4-8,14H,1-3H3. The highest BCUT2D eigenvalue weighted by Crippen LogP contribution is 2.27. The van der Waals surface area contributed by atoms with Crippen molar-refractivity contribution < 1.29 is 0 Å². The second kappa shape index (κ2) is 4.61. The summed E-state index contributed by atoms with van der Waals surface area (Å²) in [4.78, 5) is 9.72. The quantitative estimate of drug-likeness (QED) is 0.909. The summed E-state index contributed by atoms with van der Waals surface area (Å²) in [6.45, 7) is 6.47. The number of nitrogens with one attached hydrogen (secondary N) is 1. The molecule has 0 radical (unpaired) electrons. The smallest absolute Gasteiger partial charge is 0.112 e. The van der Waals surface area contributed by atoms with Gasteiger partial charge in [-0.2, -0.15) is 0 Å². The summed E-state index contributed by atoms with van der Waals surface area (Å²) in [7, 11) is 0. The Balaban J connectivity index is 2.09. The van der Waals surface area contributed by atoms with Crippen LogP contribution in [0.3, 0.4) is 0 Å². The van der Waals surface area contributed by atoms with Crippen LogP contribution >= 0.6 is 22.7 Å². The van der Waals surface area contributed by atoms with Gasteiger partial charge in [0, 0.05) is 28.7 Å². The lowest BCUT2D eigenvalue weighted by atomic mass is 10.1. The van der Waals surface area contributed by atoms with Crippen LogP contribution in [0.2, 0.25) is 0 Å². The number of thiazole rings is 2. The van der Waals surface area contributed by atoms with Gasteiger partial charge in [-0.3, -0.25) is 10.3 Å². The van der Waals surface area contributed by atoms with Crippen molar-refractivity contribution in [1.29, 1.82) is 0 Å². The third-order valence-corrected chi connectivity index (χ3v) is 4.48. The van der Waals surface area contributed by atoms with Gasteiger partial charge in [0.05, 0.1) is 11.0 Å². The van der Waals surface area contributed by atoms with Crippen molar-refractivity contribution in [3.8, 4) is 0 Å². The SMILES string of the molecule is CC(NC(C)(C)c1nccs1)c1cncs1. The second-order valence-corrected chi connectivity index (χ2v) is 6.04. The highest BCUT2D eigenvalue weighted by molar-refractivity contribution is 7.10. The molecule has 0 fully saturated rings. The molecular formula is C11H15N3S2. The Labute approximate surface area is 104 Å². The molecule has 0 bridgehead atoms. The average Bonchev–Trinajstić information content (AvgIpc) is 2.91. The first kappa shape index (κ1) is 11.7. The number of hydrogen-bond donors (Lipinski definition) is 1. The summed E-state index contributed by atoms with van der Waals surface area (Å²) in [6.07, 6.45) is 3.76. The van der Waals surface area contributed by atoms with Crippen molar-refractivity contribution in [3.63, 3.8) is 0 Å². The zero-order chi connectivity index (χ0) is 11.6. The van der Waals surface area contributed by atoms with Crippen LogP contribution in [0.1, 0.15) is 36.7 Å². The van der Waals surface area contributed by atoms with Crippen molar-refractivity contribution in [2.45, 2.75) is 32.4 Å². The molecule has 2 aromatic rings. The Bertz CT molecular complexity index is 420. The number of hydrogen-bond acceptors (Lipinski definition) is 5. The first-order valence-electron chi connectivity index (χ1n) is 5.15.